The summed E-state index contributed by atoms with van der Waals surface area (Å²) in [6, 6.07) is 8.03. The van der Waals surface area contributed by atoms with Crippen molar-refractivity contribution in [1.82, 2.24) is 9.97 Å². The van der Waals surface area contributed by atoms with E-state index < -0.39 is 0 Å². The van der Waals surface area contributed by atoms with E-state index in [9.17, 15) is 0 Å². The first kappa shape index (κ1) is 8.94. The maximum Gasteiger partial charge on any atom is 0.137 e. The quantitative estimate of drug-likeness (QED) is 0.783. The Morgan fingerprint density at radius 1 is 1.21 bits per heavy atom. The van der Waals surface area contributed by atoms with Gasteiger partial charge in [0.25, 0.3) is 0 Å². The van der Waals surface area contributed by atoms with Crippen LogP contribution in [0.15, 0.2) is 24.3 Å². The van der Waals surface area contributed by atoms with E-state index in [1.165, 1.54) is 0 Å². The van der Waals surface area contributed by atoms with Crippen LogP contribution in [0.25, 0.3) is 10.9 Å². The van der Waals surface area contributed by atoms with Crippen molar-refractivity contribution in [3.63, 3.8) is 0 Å². The number of nitrogens with one attached hydrogen (secondary N) is 1. The van der Waals surface area contributed by atoms with Crippen LogP contribution in [0.1, 0.15) is 12.7 Å². The smallest absolute Gasteiger partial charge is 0.137 e. The van der Waals surface area contributed by atoms with Crippen molar-refractivity contribution in [3.05, 3.63) is 30.1 Å². The third-order valence-corrected chi connectivity index (χ3v) is 2.20. The molecule has 0 aliphatic carbocycles. The van der Waals surface area contributed by atoms with Gasteiger partial charge in [0.1, 0.15) is 11.6 Å². The summed E-state index contributed by atoms with van der Waals surface area (Å²) >= 11 is 0. The first-order valence-electron chi connectivity index (χ1n) is 4.78. The largest absolute Gasteiger partial charge is 0.373 e. The lowest BCUT2D eigenvalue weighted by Gasteiger charge is -2.06. The van der Waals surface area contributed by atoms with Gasteiger partial charge in [0.15, 0.2) is 0 Å². The van der Waals surface area contributed by atoms with Crippen LogP contribution >= 0.6 is 0 Å². The number of aromatic nitrogens is 2. The third-order valence-electron chi connectivity index (χ3n) is 2.20. The fraction of sp³-hybridized carbons (Fsp3) is 0.273. The number of fused-ring (bicyclic) bond motifs is 1. The lowest BCUT2D eigenvalue weighted by atomic mass is 10.2. The molecule has 3 nitrogen and oxygen atoms in total. The molecule has 0 unspecified atom stereocenters. The molecule has 1 aromatic carbocycles. The van der Waals surface area contributed by atoms with Gasteiger partial charge in [-0.05, 0) is 12.1 Å². The molecule has 2 rings (SSSR count). The van der Waals surface area contributed by atoms with Crippen molar-refractivity contribution >= 4 is 16.7 Å². The van der Waals surface area contributed by atoms with Gasteiger partial charge >= 0.3 is 0 Å². The highest BCUT2D eigenvalue weighted by Gasteiger charge is 2.03. The molecule has 1 aromatic heterocycles. The van der Waals surface area contributed by atoms with Gasteiger partial charge in [-0.25, -0.2) is 9.97 Å². The molecule has 1 N–H and O–H groups in total. The lowest BCUT2D eigenvalue weighted by molar-refractivity contribution is 0.962. The van der Waals surface area contributed by atoms with Gasteiger partial charge in [-0.3, -0.25) is 0 Å². The highest BCUT2D eigenvalue weighted by molar-refractivity contribution is 5.88. The number of anilines is 1. The van der Waals surface area contributed by atoms with Crippen LogP contribution in [0.2, 0.25) is 0 Å². The molecule has 3 heteroatoms. The second-order valence-corrected chi connectivity index (χ2v) is 3.11. The van der Waals surface area contributed by atoms with Gasteiger partial charge < -0.3 is 5.32 Å². The van der Waals surface area contributed by atoms with Gasteiger partial charge in [0, 0.05) is 18.9 Å². The molecule has 0 amide bonds. The Labute approximate surface area is 83.2 Å². The topological polar surface area (TPSA) is 37.8 Å². The van der Waals surface area contributed by atoms with E-state index >= 15 is 0 Å². The molecular formula is C11H13N3. The highest BCUT2D eigenvalue weighted by atomic mass is 15.0. The highest BCUT2D eigenvalue weighted by Crippen LogP contribution is 2.19. The van der Waals surface area contributed by atoms with Crippen LogP contribution in [-0.2, 0) is 6.42 Å². The summed E-state index contributed by atoms with van der Waals surface area (Å²) < 4.78 is 0. The molecule has 0 aliphatic rings. The zero-order chi connectivity index (χ0) is 9.97. The Bertz CT molecular complexity index is 451. The number of nitrogens with zero attached hydrogens (tertiary/aromatic N) is 2. The SMILES string of the molecule is CCc1nc(NC)c2ccccc2n1. The zero-order valence-corrected chi connectivity index (χ0v) is 8.41. The number of hydrogen-bond donors (Lipinski definition) is 1. The second kappa shape index (κ2) is 3.62. The van der Waals surface area contributed by atoms with E-state index in [1.54, 1.807) is 0 Å². The number of rotatable bonds is 2. The maximum absolute atomic E-state index is 4.45. The van der Waals surface area contributed by atoms with E-state index in [0.717, 1.165) is 29.0 Å². The minimum Gasteiger partial charge on any atom is -0.373 e. The summed E-state index contributed by atoms with van der Waals surface area (Å²) in [5.74, 6) is 1.79. The van der Waals surface area contributed by atoms with Crippen molar-refractivity contribution in [2.45, 2.75) is 13.3 Å². The summed E-state index contributed by atoms with van der Waals surface area (Å²) in [4.78, 5) is 8.87. The standard InChI is InChI=1S/C11H13N3/c1-3-10-13-9-7-5-4-6-8(9)11(12-2)14-10/h4-7H,3H2,1-2H3,(H,12,13,14). The van der Waals surface area contributed by atoms with Crippen LogP contribution < -0.4 is 5.32 Å². The van der Waals surface area contributed by atoms with E-state index in [-0.39, 0.29) is 0 Å². The Balaban J connectivity index is 2.73. The summed E-state index contributed by atoms with van der Waals surface area (Å²) in [6.45, 7) is 2.06. The molecule has 0 atom stereocenters. The Morgan fingerprint density at radius 3 is 2.71 bits per heavy atom. The van der Waals surface area contributed by atoms with Crippen LogP contribution in [0, 0.1) is 0 Å². The molecule has 2 aromatic rings. The summed E-state index contributed by atoms with van der Waals surface area (Å²) in [5, 5.41) is 4.17. The fourth-order valence-corrected chi connectivity index (χ4v) is 1.47. The first-order chi connectivity index (χ1) is 6.85. The monoisotopic (exact) mass is 187 g/mol. The van der Waals surface area contributed by atoms with Gasteiger partial charge in [-0.1, -0.05) is 19.1 Å². The second-order valence-electron chi connectivity index (χ2n) is 3.11. The van der Waals surface area contributed by atoms with Crippen molar-refractivity contribution < 1.29 is 0 Å². The third kappa shape index (κ3) is 1.41. The average molecular weight is 187 g/mol. The molecule has 0 radical (unpaired) electrons. The normalized spacial score (nSPS) is 10.4. The van der Waals surface area contributed by atoms with Gasteiger partial charge in [-0.15, -0.1) is 0 Å². The maximum atomic E-state index is 4.45. The van der Waals surface area contributed by atoms with E-state index in [1.807, 2.05) is 31.3 Å². The molecule has 14 heavy (non-hydrogen) atoms. The van der Waals surface area contributed by atoms with Gasteiger partial charge in [0.2, 0.25) is 0 Å². The number of hydrogen-bond acceptors (Lipinski definition) is 3. The molecule has 0 saturated heterocycles. The van der Waals surface area contributed by atoms with E-state index in [4.69, 9.17) is 0 Å². The zero-order valence-electron chi connectivity index (χ0n) is 8.41. The number of benzene rings is 1. The lowest BCUT2D eigenvalue weighted by Crippen LogP contribution is -2.00. The predicted octanol–water partition coefficient (Wildman–Crippen LogP) is 2.23. The van der Waals surface area contributed by atoms with Crippen molar-refractivity contribution in [1.29, 1.82) is 0 Å². The minimum atomic E-state index is 0.861. The summed E-state index contributed by atoms with van der Waals surface area (Å²) in [6.07, 6.45) is 0.861. The van der Waals surface area contributed by atoms with E-state index in [2.05, 4.69) is 22.2 Å². The van der Waals surface area contributed by atoms with Crippen molar-refractivity contribution in [3.8, 4) is 0 Å². The average Bonchev–Trinajstić information content (AvgIpc) is 2.27. The van der Waals surface area contributed by atoms with Crippen LogP contribution in [0.3, 0.4) is 0 Å². The molecule has 0 spiro atoms. The number of aryl methyl sites for hydroxylation is 1. The number of para-hydroxylation sites is 1. The Kier molecular flexibility index (Phi) is 2.31. The molecule has 0 fully saturated rings. The molecule has 0 bridgehead atoms. The Morgan fingerprint density at radius 2 is 2.00 bits per heavy atom. The first-order valence-corrected chi connectivity index (χ1v) is 4.78. The van der Waals surface area contributed by atoms with Gasteiger partial charge in [-0.2, -0.15) is 0 Å². The van der Waals surface area contributed by atoms with Crippen LogP contribution in [0.4, 0.5) is 5.82 Å². The molecule has 1 heterocycles. The molecule has 72 valence electrons. The van der Waals surface area contributed by atoms with Crippen molar-refractivity contribution in [2.75, 3.05) is 12.4 Å². The molecule has 0 saturated carbocycles. The minimum absolute atomic E-state index is 0.861. The fourth-order valence-electron chi connectivity index (χ4n) is 1.47. The van der Waals surface area contributed by atoms with Gasteiger partial charge in [0.05, 0.1) is 5.52 Å². The van der Waals surface area contributed by atoms with Crippen molar-refractivity contribution in [2.24, 2.45) is 0 Å². The summed E-state index contributed by atoms with van der Waals surface area (Å²) in [7, 11) is 1.88. The van der Waals surface area contributed by atoms with E-state index in [0.29, 0.717) is 0 Å². The van der Waals surface area contributed by atoms with Crippen LogP contribution in [-0.4, -0.2) is 17.0 Å². The molecule has 0 aliphatic heterocycles. The predicted molar refractivity (Wildman–Crippen MR) is 58.5 cm³/mol. The Hall–Kier alpha value is -1.64. The summed E-state index contributed by atoms with van der Waals surface area (Å²) in [5.41, 5.74) is 1.00. The van der Waals surface area contributed by atoms with Crippen LogP contribution in [0.5, 0.6) is 0 Å². The molecular weight excluding hydrogens is 174 g/mol.